The molecule has 0 saturated carbocycles. The minimum Gasteiger partial charge on any atom is -0.497 e. The van der Waals surface area contributed by atoms with E-state index in [0.717, 1.165) is 61.1 Å². The third-order valence-electron chi connectivity index (χ3n) is 5.45. The van der Waals surface area contributed by atoms with Gasteiger partial charge in [0.2, 0.25) is 0 Å². The first-order valence-corrected chi connectivity index (χ1v) is 10.8. The maximum atomic E-state index is 5.77. The summed E-state index contributed by atoms with van der Waals surface area (Å²) < 4.78 is 10.1. The molecule has 8 heteroatoms. The number of piperazine rings is 1. The number of anilines is 1. The van der Waals surface area contributed by atoms with Crippen molar-refractivity contribution in [3.63, 3.8) is 0 Å². The van der Waals surface area contributed by atoms with Gasteiger partial charge in [-0.15, -0.1) is 0 Å². The van der Waals surface area contributed by atoms with Crippen molar-refractivity contribution in [2.75, 3.05) is 38.2 Å². The maximum absolute atomic E-state index is 5.77. The molecule has 7 nitrogen and oxygen atoms in total. The number of rotatable bonds is 7. The molecule has 0 N–H and O–H groups in total. The number of aromatic nitrogens is 4. The monoisotopic (exact) mass is 424 g/mol. The van der Waals surface area contributed by atoms with Crippen LogP contribution in [0.15, 0.2) is 48.8 Å². The van der Waals surface area contributed by atoms with Crippen molar-refractivity contribution in [3.8, 4) is 17.1 Å². The van der Waals surface area contributed by atoms with Crippen molar-refractivity contribution in [2.24, 2.45) is 0 Å². The number of pyridine rings is 1. The number of benzene rings is 1. The zero-order chi connectivity index (χ0) is 20.9. The minimum absolute atomic E-state index is 0.712. The lowest BCUT2D eigenvalue weighted by Crippen LogP contribution is -2.47. The standard InChI is InChI=1S/C22H28N6OS/c1-3-12-27-21(18-8-10-23-11-9-18)24-28(22(27)30)17-25-13-15-26(16-14-25)19-4-6-20(29-2)7-5-19/h4-11H,3,12-17H2,1-2H3. The van der Waals surface area contributed by atoms with Crippen LogP contribution >= 0.6 is 12.2 Å². The fraction of sp³-hybridized carbons (Fsp3) is 0.409. The van der Waals surface area contributed by atoms with Crippen LogP contribution in [0, 0.1) is 4.77 Å². The Morgan fingerprint density at radius 1 is 1.00 bits per heavy atom. The summed E-state index contributed by atoms with van der Waals surface area (Å²) in [7, 11) is 1.70. The van der Waals surface area contributed by atoms with Crippen LogP contribution in [0.2, 0.25) is 0 Å². The van der Waals surface area contributed by atoms with Crippen molar-refractivity contribution >= 4 is 17.9 Å². The first kappa shape index (κ1) is 20.6. The van der Waals surface area contributed by atoms with E-state index in [-0.39, 0.29) is 0 Å². The van der Waals surface area contributed by atoms with Gasteiger partial charge >= 0.3 is 0 Å². The third kappa shape index (κ3) is 4.39. The molecule has 0 bridgehead atoms. The topological polar surface area (TPSA) is 51.4 Å². The summed E-state index contributed by atoms with van der Waals surface area (Å²) in [5.41, 5.74) is 2.28. The van der Waals surface area contributed by atoms with E-state index < -0.39 is 0 Å². The fourth-order valence-corrected chi connectivity index (χ4v) is 4.08. The van der Waals surface area contributed by atoms with Gasteiger partial charge in [-0.05, 0) is 55.0 Å². The summed E-state index contributed by atoms with van der Waals surface area (Å²) in [4.78, 5) is 8.94. The zero-order valence-electron chi connectivity index (χ0n) is 17.6. The van der Waals surface area contributed by atoms with Gasteiger partial charge < -0.3 is 9.64 Å². The quantitative estimate of drug-likeness (QED) is 0.540. The Balaban J connectivity index is 1.45. The molecule has 30 heavy (non-hydrogen) atoms. The van der Waals surface area contributed by atoms with Crippen LogP contribution in [0.1, 0.15) is 13.3 Å². The van der Waals surface area contributed by atoms with Gasteiger partial charge in [0, 0.05) is 56.4 Å². The lowest BCUT2D eigenvalue weighted by molar-refractivity contribution is 0.194. The van der Waals surface area contributed by atoms with Gasteiger partial charge in [0.1, 0.15) is 5.75 Å². The zero-order valence-corrected chi connectivity index (χ0v) is 18.4. The molecule has 2 aromatic heterocycles. The molecule has 158 valence electrons. The summed E-state index contributed by atoms with van der Waals surface area (Å²) in [6.07, 6.45) is 4.61. The largest absolute Gasteiger partial charge is 0.497 e. The molecule has 1 fully saturated rings. The fourth-order valence-electron chi connectivity index (χ4n) is 3.80. The molecule has 0 atom stereocenters. The second kappa shape index (κ2) is 9.40. The van der Waals surface area contributed by atoms with Crippen LogP contribution in [0.3, 0.4) is 0 Å². The Morgan fingerprint density at radius 3 is 2.33 bits per heavy atom. The van der Waals surface area contributed by atoms with E-state index in [0.29, 0.717) is 6.67 Å². The van der Waals surface area contributed by atoms with Gasteiger partial charge in [-0.2, -0.15) is 5.10 Å². The van der Waals surface area contributed by atoms with Crippen LogP contribution in [0.5, 0.6) is 5.75 Å². The first-order chi connectivity index (χ1) is 14.7. The molecule has 1 aliphatic heterocycles. The van der Waals surface area contributed by atoms with Gasteiger partial charge in [0.15, 0.2) is 10.6 Å². The number of nitrogens with zero attached hydrogens (tertiary/aromatic N) is 6. The Bertz CT molecular complexity index is 1010. The van der Waals surface area contributed by atoms with Crippen LogP contribution in [-0.2, 0) is 13.2 Å². The predicted molar refractivity (Wildman–Crippen MR) is 121 cm³/mol. The predicted octanol–water partition coefficient (Wildman–Crippen LogP) is 3.67. The Hall–Kier alpha value is -2.71. The molecule has 1 saturated heterocycles. The van der Waals surface area contributed by atoms with Gasteiger partial charge in [-0.1, -0.05) is 6.92 Å². The Kier molecular flexibility index (Phi) is 6.44. The molecule has 0 amide bonds. The third-order valence-corrected chi connectivity index (χ3v) is 5.88. The van der Waals surface area contributed by atoms with E-state index in [1.165, 1.54) is 5.69 Å². The number of methoxy groups -OCH3 is 1. The van der Waals surface area contributed by atoms with E-state index in [2.05, 4.69) is 38.4 Å². The van der Waals surface area contributed by atoms with Crippen molar-refractivity contribution < 1.29 is 4.74 Å². The van der Waals surface area contributed by atoms with Crippen molar-refractivity contribution in [2.45, 2.75) is 26.6 Å². The van der Waals surface area contributed by atoms with Gasteiger partial charge in [0.05, 0.1) is 13.8 Å². The second-order valence-electron chi connectivity index (χ2n) is 7.44. The number of hydrogen-bond acceptors (Lipinski definition) is 6. The Morgan fingerprint density at radius 2 is 1.70 bits per heavy atom. The molecule has 1 aromatic carbocycles. The van der Waals surface area contributed by atoms with E-state index in [1.807, 2.05) is 28.9 Å². The molecule has 3 heterocycles. The highest BCUT2D eigenvalue weighted by Gasteiger charge is 2.20. The van der Waals surface area contributed by atoms with Crippen LogP contribution in [-0.4, -0.2) is 57.5 Å². The second-order valence-corrected chi connectivity index (χ2v) is 7.80. The van der Waals surface area contributed by atoms with Gasteiger partial charge in [0.25, 0.3) is 0 Å². The van der Waals surface area contributed by atoms with E-state index in [1.54, 1.807) is 19.5 Å². The smallest absolute Gasteiger partial charge is 0.199 e. The summed E-state index contributed by atoms with van der Waals surface area (Å²) >= 11 is 5.77. The van der Waals surface area contributed by atoms with E-state index in [4.69, 9.17) is 22.1 Å². The molecule has 0 aliphatic carbocycles. The van der Waals surface area contributed by atoms with Crippen LogP contribution < -0.4 is 9.64 Å². The van der Waals surface area contributed by atoms with Gasteiger partial charge in [-0.25, -0.2) is 4.68 Å². The van der Waals surface area contributed by atoms with Gasteiger partial charge in [-0.3, -0.25) is 14.5 Å². The lowest BCUT2D eigenvalue weighted by Gasteiger charge is -2.35. The maximum Gasteiger partial charge on any atom is 0.199 e. The van der Waals surface area contributed by atoms with Crippen LogP contribution in [0.25, 0.3) is 11.4 Å². The average Bonchev–Trinajstić information content (AvgIpc) is 3.10. The van der Waals surface area contributed by atoms with Crippen molar-refractivity contribution in [1.29, 1.82) is 0 Å². The van der Waals surface area contributed by atoms with Crippen LogP contribution in [0.4, 0.5) is 5.69 Å². The summed E-state index contributed by atoms with van der Waals surface area (Å²) in [5.74, 6) is 1.81. The summed E-state index contributed by atoms with van der Waals surface area (Å²) in [6, 6.07) is 12.3. The molecule has 4 rings (SSSR count). The first-order valence-electron chi connectivity index (χ1n) is 10.4. The molecule has 1 aliphatic rings. The SMILES string of the molecule is CCCn1c(-c2ccncc2)nn(CN2CCN(c3ccc(OC)cc3)CC2)c1=S. The number of ether oxygens (including phenoxy) is 1. The molecule has 0 spiro atoms. The molecular formula is C22H28N6OS. The Labute approximate surface area is 182 Å². The highest BCUT2D eigenvalue weighted by atomic mass is 32.1. The summed E-state index contributed by atoms with van der Waals surface area (Å²) in [5, 5.41) is 4.87. The molecule has 0 unspecified atom stereocenters. The summed E-state index contributed by atoms with van der Waals surface area (Å²) in [6.45, 7) is 7.64. The van der Waals surface area contributed by atoms with Crippen molar-refractivity contribution in [3.05, 3.63) is 53.6 Å². The van der Waals surface area contributed by atoms with E-state index in [9.17, 15) is 0 Å². The normalized spacial score (nSPS) is 14.8. The highest BCUT2D eigenvalue weighted by Crippen LogP contribution is 2.21. The number of hydrogen-bond donors (Lipinski definition) is 0. The molecule has 3 aromatic rings. The highest BCUT2D eigenvalue weighted by molar-refractivity contribution is 7.71. The molecular weight excluding hydrogens is 396 g/mol. The minimum atomic E-state index is 0.712. The van der Waals surface area contributed by atoms with E-state index >= 15 is 0 Å². The lowest BCUT2D eigenvalue weighted by atomic mass is 10.2. The van der Waals surface area contributed by atoms with Crippen molar-refractivity contribution in [1.82, 2.24) is 24.2 Å². The average molecular weight is 425 g/mol. The molecule has 0 radical (unpaired) electrons.